The van der Waals surface area contributed by atoms with Crippen molar-refractivity contribution in [3.05, 3.63) is 42.0 Å². The minimum Gasteiger partial charge on any atom is -0.418 e. The monoisotopic (exact) mass is 291 g/mol. The maximum atomic E-state index is 11.3. The molecule has 0 atom stereocenters. The second kappa shape index (κ2) is 8.02. The van der Waals surface area contributed by atoms with Crippen molar-refractivity contribution in [1.82, 2.24) is 5.32 Å². The molecule has 1 rings (SSSR count). The van der Waals surface area contributed by atoms with Gasteiger partial charge in [-0.05, 0) is 38.5 Å². The Morgan fingerprint density at radius 2 is 1.90 bits per heavy atom. The molecular formula is C16H25NO2Si. The second-order valence-corrected chi connectivity index (χ2v) is 10.3. The number of carbonyl (C=O) groups excluding carboxylic acids is 1. The van der Waals surface area contributed by atoms with Crippen molar-refractivity contribution in [2.24, 2.45) is 0 Å². The van der Waals surface area contributed by atoms with E-state index in [1.807, 2.05) is 30.3 Å². The lowest BCUT2D eigenvalue weighted by Crippen LogP contribution is -2.27. The molecule has 0 aliphatic carbocycles. The number of hydrogen-bond acceptors (Lipinski definition) is 3. The Balaban J connectivity index is 2.50. The van der Waals surface area contributed by atoms with Gasteiger partial charge >= 0.3 is 0 Å². The number of carbonyl (C=O) groups is 1. The summed E-state index contributed by atoms with van der Waals surface area (Å²) in [5.74, 6) is 0.0506. The molecule has 3 nitrogen and oxygen atoms in total. The Bertz CT molecular complexity index is 449. The van der Waals surface area contributed by atoms with Gasteiger partial charge in [0.2, 0.25) is 0 Å². The Morgan fingerprint density at radius 3 is 2.45 bits per heavy atom. The van der Waals surface area contributed by atoms with Gasteiger partial charge in [-0.25, -0.2) is 0 Å². The fraction of sp³-hybridized carbons (Fsp3) is 0.438. The van der Waals surface area contributed by atoms with Crippen LogP contribution in [0.15, 0.2) is 36.4 Å². The second-order valence-electron chi connectivity index (χ2n) is 5.78. The minimum absolute atomic E-state index is 0.0506. The van der Waals surface area contributed by atoms with Gasteiger partial charge in [-0.1, -0.05) is 30.3 Å². The number of allylic oxidation sites excluding steroid dienone is 1. The highest BCUT2D eigenvalue weighted by atomic mass is 28.4. The van der Waals surface area contributed by atoms with E-state index in [2.05, 4.69) is 25.0 Å². The van der Waals surface area contributed by atoms with Crippen LogP contribution in [0.4, 0.5) is 0 Å². The van der Waals surface area contributed by atoms with Crippen LogP contribution in [0.1, 0.15) is 18.9 Å². The van der Waals surface area contributed by atoms with Gasteiger partial charge in [-0.15, -0.1) is 0 Å². The highest BCUT2D eigenvalue weighted by molar-refractivity contribution is 6.69. The van der Waals surface area contributed by atoms with Crippen molar-refractivity contribution in [2.45, 2.75) is 33.0 Å². The van der Waals surface area contributed by atoms with E-state index in [-0.39, 0.29) is 5.78 Å². The van der Waals surface area contributed by atoms with Gasteiger partial charge in [-0.2, -0.15) is 0 Å². The van der Waals surface area contributed by atoms with Gasteiger partial charge in [0.15, 0.2) is 14.1 Å². The molecule has 0 saturated carbocycles. The first kappa shape index (κ1) is 16.7. The van der Waals surface area contributed by atoms with Gasteiger partial charge in [0.1, 0.15) is 0 Å². The summed E-state index contributed by atoms with van der Waals surface area (Å²) in [4.78, 5) is 11.3. The quantitative estimate of drug-likeness (QED) is 0.453. The largest absolute Gasteiger partial charge is 0.418 e. The Kier molecular flexibility index (Phi) is 6.68. The van der Waals surface area contributed by atoms with Crippen molar-refractivity contribution in [3.8, 4) is 0 Å². The topological polar surface area (TPSA) is 38.3 Å². The summed E-state index contributed by atoms with van der Waals surface area (Å²) in [5, 5.41) is 3.33. The molecule has 0 amide bonds. The molecule has 0 radical (unpaired) electrons. The average Bonchev–Trinajstić information content (AvgIpc) is 2.36. The number of benzene rings is 1. The van der Waals surface area contributed by atoms with Crippen LogP contribution in [0, 0.1) is 0 Å². The lowest BCUT2D eigenvalue weighted by molar-refractivity contribution is -0.112. The highest BCUT2D eigenvalue weighted by Crippen LogP contribution is 2.11. The molecule has 0 aliphatic heterocycles. The summed E-state index contributed by atoms with van der Waals surface area (Å²) in [6.45, 7) is 9.70. The van der Waals surface area contributed by atoms with Crippen molar-refractivity contribution in [3.63, 3.8) is 0 Å². The third kappa shape index (κ3) is 7.26. The molecule has 110 valence electrons. The van der Waals surface area contributed by atoms with Crippen molar-refractivity contribution in [2.75, 3.05) is 13.2 Å². The number of rotatable bonds is 8. The summed E-state index contributed by atoms with van der Waals surface area (Å²) in [6, 6.07) is 9.91. The Labute approximate surface area is 123 Å². The maximum Gasteiger partial charge on any atom is 0.183 e. The third-order valence-electron chi connectivity index (χ3n) is 2.60. The Morgan fingerprint density at radius 1 is 1.25 bits per heavy atom. The average molecular weight is 291 g/mol. The van der Waals surface area contributed by atoms with Crippen LogP contribution < -0.4 is 5.32 Å². The molecular weight excluding hydrogens is 266 g/mol. The fourth-order valence-electron chi connectivity index (χ4n) is 1.73. The predicted octanol–water partition coefficient (Wildman–Crippen LogP) is 3.45. The molecule has 0 saturated heterocycles. The first-order chi connectivity index (χ1) is 9.38. The number of hydrogen-bond donors (Lipinski definition) is 1. The highest BCUT2D eigenvalue weighted by Gasteiger charge is 2.13. The van der Waals surface area contributed by atoms with E-state index >= 15 is 0 Å². The molecule has 0 unspecified atom stereocenters. The van der Waals surface area contributed by atoms with Crippen molar-refractivity contribution < 1.29 is 9.22 Å². The maximum absolute atomic E-state index is 11.3. The molecule has 0 aromatic heterocycles. The van der Waals surface area contributed by atoms with E-state index < -0.39 is 8.32 Å². The van der Waals surface area contributed by atoms with Crippen molar-refractivity contribution >= 4 is 19.8 Å². The van der Waals surface area contributed by atoms with E-state index in [4.69, 9.17) is 4.43 Å². The molecule has 0 spiro atoms. The van der Waals surface area contributed by atoms with Gasteiger partial charge in [0.05, 0.1) is 0 Å². The molecule has 0 bridgehead atoms. The summed E-state index contributed by atoms with van der Waals surface area (Å²) < 4.78 is 5.81. The summed E-state index contributed by atoms with van der Waals surface area (Å²) in [6.07, 6.45) is 2.58. The lowest BCUT2D eigenvalue weighted by atomic mass is 10.1. The zero-order chi connectivity index (χ0) is 15.0. The van der Waals surface area contributed by atoms with Crippen LogP contribution in [0.5, 0.6) is 0 Å². The van der Waals surface area contributed by atoms with Crippen LogP contribution >= 0.6 is 0 Å². The minimum atomic E-state index is -1.42. The SMILES string of the molecule is CC(=O)/C=C(/NCCCO[Si](C)(C)C)c1ccccc1. The molecule has 1 N–H and O–H groups in total. The Hall–Kier alpha value is -1.39. The smallest absolute Gasteiger partial charge is 0.183 e. The van der Waals surface area contributed by atoms with Crippen LogP contribution in [-0.4, -0.2) is 27.3 Å². The van der Waals surface area contributed by atoms with Crippen molar-refractivity contribution in [1.29, 1.82) is 0 Å². The zero-order valence-corrected chi connectivity index (χ0v) is 13.9. The fourth-order valence-corrected chi connectivity index (χ4v) is 2.49. The number of ketones is 1. The number of nitrogens with one attached hydrogen (secondary N) is 1. The first-order valence-corrected chi connectivity index (χ1v) is 10.4. The standard InChI is InChI=1S/C16H25NO2Si/c1-14(18)13-16(15-9-6-5-7-10-15)17-11-8-12-19-20(2,3)4/h5-7,9-10,13,17H,8,11-12H2,1-4H3/b16-13+. The molecule has 1 aromatic carbocycles. The van der Waals surface area contributed by atoms with Gasteiger partial charge < -0.3 is 9.74 Å². The van der Waals surface area contributed by atoms with E-state index in [1.54, 1.807) is 13.0 Å². The predicted molar refractivity (Wildman–Crippen MR) is 87.0 cm³/mol. The molecule has 0 aliphatic rings. The molecule has 0 heterocycles. The normalized spacial score (nSPS) is 12.3. The first-order valence-electron chi connectivity index (χ1n) is 7.04. The van der Waals surface area contributed by atoms with Gasteiger partial charge in [0, 0.05) is 24.9 Å². The van der Waals surface area contributed by atoms with Crippen LogP contribution in [0.25, 0.3) is 5.70 Å². The summed E-state index contributed by atoms with van der Waals surface area (Å²) in [5.41, 5.74) is 1.92. The van der Waals surface area contributed by atoms with E-state index in [1.165, 1.54) is 0 Å². The lowest BCUT2D eigenvalue weighted by Gasteiger charge is -2.17. The van der Waals surface area contributed by atoms with Crippen LogP contribution in [0.2, 0.25) is 19.6 Å². The zero-order valence-electron chi connectivity index (χ0n) is 12.9. The van der Waals surface area contributed by atoms with Crippen LogP contribution in [-0.2, 0) is 9.22 Å². The summed E-state index contributed by atoms with van der Waals surface area (Å²) >= 11 is 0. The molecule has 0 fully saturated rings. The van der Waals surface area contributed by atoms with Gasteiger partial charge in [-0.3, -0.25) is 4.79 Å². The van der Waals surface area contributed by atoms with Crippen LogP contribution in [0.3, 0.4) is 0 Å². The molecule has 1 aromatic rings. The van der Waals surface area contributed by atoms with E-state index in [0.717, 1.165) is 30.8 Å². The third-order valence-corrected chi connectivity index (χ3v) is 3.67. The summed E-state index contributed by atoms with van der Waals surface area (Å²) in [7, 11) is -1.42. The van der Waals surface area contributed by atoms with E-state index in [9.17, 15) is 4.79 Å². The molecule has 4 heteroatoms. The van der Waals surface area contributed by atoms with E-state index in [0.29, 0.717) is 0 Å². The van der Waals surface area contributed by atoms with Gasteiger partial charge in [0.25, 0.3) is 0 Å². The molecule has 20 heavy (non-hydrogen) atoms.